The topological polar surface area (TPSA) is 63.7 Å². The van der Waals surface area contributed by atoms with Crippen molar-refractivity contribution in [3.05, 3.63) is 84.4 Å². The molecule has 0 aliphatic heterocycles. The van der Waals surface area contributed by atoms with E-state index in [1.165, 1.54) is 6.33 Å². The Kier molecular flexibility index (Phi) is 5.37. The zero-order valence-electron chi connectivity index (χ0n) is 12.8. The summed E-state index contributed by atoms with van der Waals surface area (Å²) in [5, 5.41) is 0.453. The minimum atomic E-state index is 0.342. The van der Waals surface area contributed by atoms with Crippen LogP contribution in [0.15, 0.2) is 73.6 Å². The van der Waals surface area contributed by atoms with E-state index in [4.69, 9.17) is 16.3 Å². The van der Waals surface area contributed by atoms with Crippen LogP contribution in [0.3, 0.4) is 0 Å². The molecule has 5 nitrogen and oxygen atoms in total. The Morgan fingerprint density at radius 1 is 0.917 bits per heavy atom. The van der Waals surface area contributed by atoms with E-state index in [1.54, 1.807) is 24.7 Å². The minimum absolute atomic E-state index is 0.342. The van der Waals surface area contributed by atoms with Gasteiger partial charge in [-0.15, -0.1) is 0 Å². The molecule has 2 aromatic heterocycles. The highest BCUT2D eigenvalue weighted by Gasteiger charge is 1.98. The van der Waals surface area contributed by atoms with Crippen LogP contribution >= 0.6 is 11.6 Å². The number of nitrogens with one attached hydrogen (secondary N) is 1. The Morgan fingerprint density at radius 3 is 2.58 bits per heavy atom. The highest BCUT2D eigenvalue weighted by molar-refractivity contribution is 6.29. The molecule has 0 atom stereocenters. The average molecular weight is 339 g/mol. The van der Waals surface area contributed by atoms with E-state index >= 15 is 0 Å². The van der Waals surface area contributed by atoms with Crippen molar-refractivity contribution in [3.8, 4) is 16.9 Å². The smallest absolute Gasteiger partial charge is 0.132 e. The van der Waals surface area contributed by atoms with Crippen molar-refractivity contribution in [1.29, 1.82) is 0 Å². The summed E-state index contributed by atoms with van der Waals surface area (Å²) >= 11 is 5.82. The van der Waals surface area contributed by atoms with Crippen LogP contribution in [-0.4, -0.2) is 19.9 Å². The van der Waals surface area contributed by atoms with E-state index in [0.717, 1.165) is 22.6 Å². The van der Waals surface area contributed by atoms with Crippen molar-refractivity contribution < 1.29 is 4.74 Å². The van der Waals surface area contributed by atoms with Crippen LogP contribution in [0.4, 0.5) is 0 Å². The minimum Gasteiger partial charge on any atom is -0.487 e. The maximum atomic E-state index is 5.82. The second kappa shape index (κ2) is 8.08. The van der Waals surface area contributed by atoms with Gasteiger partial charge in [0.05, 0.1) is 5.69 Å². The largest absolute Gasteiger partial charge is 0.487 e. The molecule has 0 radical (unpaired) electrons. The van der Waals surface area contributed by atoms with Gasteiger partial charge in [0, 0.05) is 35.9 Å². The van der Waals surface area contributed by atoms with Crippen molar-refractivity contribution in [2.24, 2.45) is 0 Å². The second-order valence-electron chi connectivity index (χ2n) is 4.90. The highest BCUT2D eigenvalue weighted by atomic mass is 35.5. The van der Waals surface area contributed by atoms with Crippen LogP contribution in [0, 0.1) is 0 Å². The first-order valence-corrected chi connectivity index (χ1v) is 7.70. The van der Waals surface area contributed by atoms with E-state index < -0.39 is 0 Å². The molecule has 6 heteroatoms. The monoisotopic (exact) mass is 338 g/mol. The van der Waals surface area contributed by atoms with Gasteiger partial charge in [0.15, 0.2) is 0 Å². The predicted molar refractivity (Wildman–Crippen MR) is 93.0 cm³/mol. The molecule has 3 aromatic rings. The van der Waals surface area contributed by atoms with Crippen molar-refractivity contribution >= 4 is 11.6 Å². The SMILES string of the molecule is Clc1ccc(-c2cncnc(COc3ccccc3)c[nH]c2)cn1. The molecule has 0 bridgehead atoms. The number of para-hydroxylation sites is 1. The molecule has 120 valence electrons. The summed E-state index contributed by atoms with van der Waals surface area (Å²) in [5.41, 5.74) is 2.50. The van der Waals surface area contributed by atoms with E-state index in [-0.39, 0.29) is 0 Å². The average Bonchev–Trinajstić information content (AvgIpc) is 2.74. The predicted octanol–water partition coefficient (Wildman–Crippen LogP) is 4.22. The third kappa shape index (κ3) is 4.54. The Hall–Kier alpha value is -2.92. The van der Waals surface area contributed by atoms with Gasteiger partial charge in [0.25, 0.3) is 0 Å². The van der Waals surface area contributed by atoms with Gasteiger partial charge >= 0.3 is 0 Å². The van der Waals surface area contributed by atoms with Gasteiger partial charge in [-0.1, -0.05) is 29.8 Å². The number of hydrogen-bond acceptors (Lipinski definition) is 4. The molecule has 3 rings (SSSR count). The fraction of sp³-hybridized carbons (Fsp3) is 0.0556. The first-order chi connectivity index (χ1) is 11.8. The number of aromatic nitrogens is 4. The first kappa shape index (κ1) is 16.0. The fourth-order valence-corrected chi connectivity index (χ4v) is 2.09. The maximum absolute atomic E-state index is 5.82. The van der Waals surface area contributed by atoms with Gasteiger partial charge < -0.3 is 9.72 Å². The van der Waals surface area contributed by atoms with Crippen LogP contribution < -0.4 is 4.74 Å². The Labute approximate surface area is 144 Å². The third-order valence-electron chi connectivity index (χ3n) is 3.18. The van der Waals surface area contributed by atoms with Gasteiger partial charge in [0.2, 0.25) is 0 Å². The Balaban J connectivity index is 1.80. The number of halogens is 1. The van der Waals surface area contributed by atoms with E-state index in [2.05, 4.69) is 19.9 Å². The molecule has 24 heavy (non-hydrogen) atoms. The zero-order valence-corrected chi connectivity index (χ0v) is 13.5. The van der Waals surface area contributed by atoms with Crippen molar-refractivity contribution in [3.63, 3.8) is 0 Å². The lowest BCUT2D eigenvalue weighted by atomic mass is 10.2. The van der Waals surface area contributed by atoms with Crippen molar-refractivity contribution in [1.82, 2.24) is 19.9 Å². The summed E-state index contributed by atoms with van der Waals surface area (Å²) in [4.78, 5) is 15.7. The van der Waals surface area contributed by atoms with Gasteiger partial charge in [-0.25, -0.2) is 15.0 Å². The summed E-state index contributed by atoms with van der Waals surface area (Å²) in [6, 6.07) is 13.2. The van der Waals surface area contributed by atoms with Crippen LogP contribution in [0.25, 0.3) is 11.1 Å². The molecule has 0 fully saturated rings. The lowest BCUT2D eigenvalue weighted by Gasteiger charge is -2.03. The Bertz CT molecular complexity index is 833. The fourth-order valence-electron chi connectivity index (χ4n) is 1.98. The molecule has 0 saturated heterocycles. The van der Waals surface area contributed by atoms with Gasteiger partial charge in [-0.05, 0) is 24.3 Å². The highest BCUT2D eigenvalue weighted by Crippen LogP contribution is 2.16. The third-order valence-corrected chi connectivity index (χ3v) is 3.41. The summed E-state index contributed by atoms with van der Waals surface area (Å²) in [7, 11) is 0. The molecule has 1 aromatic carbocycles. The molecule has 0 spiro atoms. The molecule has 0 aliphatic rings. The van der Waals surface area contributed by atoms with Crippen LogP contribution in [-0.2, 0) is 6.61 Å². The number of ether oxygens (including phenoxy) is 1. The number of nitrogens with zero attached hydrogens (tertiary/aromatic N) is 3. The van der Waals surface area contributed by atoms with E-state index in [9.17, 15) is 0 Å². The molecular weight excluding hydrogens is 324 g/mol. The summed E-state index contributed by atoms with van der Waals surface area (Å²) in [6.45, 7) is 0.342. The molecule has 0 unspecified atom stereocenters. The van der Waals surface area contributed by atoms with Crippen LogP contribution in [0.1, 0.15) is 5.69 Å². The molecule has 0 aliphatic carbocycles. The summed E-state index contributed by atoms with van der Waals surface area (Å²) in [5.74, 6) is 0.792. The van der Waals surface area contributed by atoms with E-state index in [1.807, 2.05) is 42.6 Å². The quantitative estimate of drug-likeness (QED) is 0.723. The number of H-pyrrole nitrogens is 1. The number of aromatic amines is 1. The first-order valence-electron chi connectivity index (χ1n) is 7.32. The van der Waals surface area contributed by atoms with E-state index in [0.29, 0.717) is 11.8 Å². The second-order valence-corrected chi connectivity index (χ2v) is 5.28. The van der Waals surface area contributed by atoms with Crippen molar-refractivity contribution in [2.45, 2.75) is 6.61 Å². The summed E-state index contributed by atoms with van der Waals surface area (Å²) < 4.78 is 5.69. The zero-order chi connectivity index (χ0) is 16.6. The summed E-state index contributed by atoms with van der Waals surface area (Å²) in [6.07, 6.45) is 8.49. The Morgan fingerprint density at radius 2 is 1.79 bits per heavy atom. The lowest BCUT2D eigenvalue weighted by Crippen LogP contribution is -1.96. The van der Waals surface area contributed by atoms with Gasteiger partial charge in [-0.2, -0.15) is 0 Å². The molecule has 0 amide bonds. The number of hydrogen-bond donors (Lipinski definition) is 1. The van der Waals surface area contributed by atoms with Crippen LogP contribution in [0.2, 0.25) is 5.15 Å². The number of pyridine rings is 1. The molecular formula is C18H15ClN4O. The number of rotatable bonds is 4. The molecule has 1 N–H and O–H groups in total. The van der Waals surface area contributed by atoms with Gasteiger partial charge in [0.1, 0.15) is 23.8 Å². The normalized spacial score (nSPS) is 10.0. The lowest BCUT2D eigenvalue weighted by molar-refractivity contribution is 0.301. The standard InChI is InChI=1S/C18H15ClN4O/c19-18-7-6-14(10-22-18)15-8-20-11-16(23-13-21-9-15)12-24-17-4-2-1-3-5-17/h1-11,13,20H,12H2. The van der Waals surface area contributed by atoms with Crippen molar-refractivity contribution in [2.75, 3.05) is 0 Å². The number of benzene rings is 1. The molecule has 0 saturated carbocycles. The van der Waals surface area contributed by atoms with Gasteiger partial charge in [-0.3, -0.25) is 0 Å². The maximum Gasteiger partial charge on any atom is 0.132 e. The van der Waals surface area contributed by atoms with Crippen LogP contribution in [0.5, 0.6) is 5.75 Å². The molecule has 2 heterocycles.